The molecule has 3 heterocycles. The lowest BCUT2D eigenvalue weighted by molar-refractivity contribution is 0.0336. The molecule has 0 N–H and O–H groups in total. The number of ether oxygens (including phenoxy) is 1. The van der Waals surface area contributed by atoms with Gasteiger partial charge in [0.25, 0.3) is 5.56 Å². The van der Waals surface area contributed by atoms with Crippen molar-refractivity contribution in [2.45, 2.75) is 40.3 Å². The molecule has 0 radical (unpaired) electrons. The van der Waals surface area contributed by atoms with Gasteiger partial charge in [-0.15, -0.1) is 16.4 Å². The Morgan fingerprint density at radius 1 is 1.03 bits per heavy atom. The Hall–Kier alpha value is -4.17. The van der Waals surface area contributed by atoms with Crippen LogP contribution >= 0.6 is 11.3 Å². The Morgan fingerprint density at radius 2 is 1.77 bits per heavy atom. The van der Waals surface area contributed by atoms with E-state index in [1.54, 1.807) is 35.6 Å². The highest BCUT2D eigenvalue weighted by molar-refractivity contribution is 7.10. The second-order valence-electron chi connectivity index (χ2n) is 11.0. The van der Waals surface area contributed by atoms with Crippen molar-refractivity contribution < 1.29 is 9.53 Å². The number of rotatable bonds is 4. The molecule has 0 amide bonds. The predicted molar refractivity (Wildman–Crippen MR) is 154 cm³/mol. The van der Waals surface area contributed by atoms with Crippen LogP contribution in [-0.4, -0.2) is 25.9 Å². The van der Waals surface area contributed by atoms with Gasteiger partial charge in [0.05, 0.1) is 22.2 Å². The molecule has 0 saturated carbocycles. The van der Waals surface area contributed by atoms with Gasteiger partial charge in [0.2, 0.25) is 0 Å². The summed E-state index contributed by atoms with van der Waals surface area (Å²) in [6, 6.07) is 18.8. The van der Waals surface area contributed by atoms with E-state index in [1.165, 1.54) is 0 Å². The van der Waals surface area contributed by atoms with Crippen LogP contribution in [0.25, 0.3) is 33.5 Å². The van der Waals surface area contributed by atoms with E-state index in [4.69, 9.17) is 9.72 Å². The molecule has 8 heteroatoms. The minimum atomic E-state index is -0.503. The minimum absolute atomic E-state index is 0.0209. The molecule has 196 valence electrons. The molecule has 6 rings (SSSR count). The summed E-state index contributed by atoms with van der Waals surface area (Å²) >= 11 is 1.68. The average Bonchev–Trinajstić information content (AvgIpc) is 3.44. The summed E-state index contributed by atoms with van der Waals surface area (Å²) in [6.07, 6.45) is 3.78. The molecule has 0 spiro atoms. The number of nitrogens with zero attached hydrogens (tertiary/aromatic N) is 4. The molecule has 3 aromatic heterocycles. The number of thiophene rings is 1. The van der Waals surface area contributed by atoms with Crippen molar-refractivity contribution in [1.29, 1.82) is 0 Å². The first-order valence-electron chi connectivity index (χ1n) is 13.0. The number of fused-ring (bicyclic) bond motifs is 3. The van der Waals surface area contributed by atoms with E-state index < -0.39 is 5.97 Å². The first-order valence-corrected chi connectivity index (χ1v) is 13.8. The van der Waals surface area contributed by atoms with Crippen LogP contribution in [0.15, 0.2) is 70.8 Å². The van der Waals surface area contributed by atoms with Crippen molar-refractivity contribution in [3.05, 3.63) is 98.1 Å². The summed E-state index contributed by atoms with van der Waals surface area (Å²) in [5.41, 5.74) is 4.26. The van der Waals surface area contributed by atoms with E-state index in [0.29, 0.717) is 28.8 Å². The molecule has 5 aromatic rings. The molecule has 0 bridgehead atoms. The van der Waals surface area contributed by atoms with E-state index in [2.05, 4.69) is 48.6 Å². The number of benzene rings is 2. The fourth-order valence-corrected chi connectivity index (χ4v) is 5.90. The standard InChI is InChI=1S/C31H28N4O3S/c1-31(2,3)20-15-19(16-21-9-8-14-39-21)28-24(17-20)27(22-10-4-6-12-25(22)32-28)30(37)38-18-35-29(36)23-11-5-7-13-26(23)33-34-35/h4-14,16,20H,15,17-18H2,1-3H3/b19-16+/t20-/m1/s1. The van der Waals surface area contributed by atoms with Gasteiger partial charge in [0.15, 0.2) is 6.73 Å². The van der Waals surface area contributed by atoms with Crippen LogP contribution < -0.4 is 5.56 Å². The normalized spacial score (nSPS) is 16.5. The van der Waals surface area contributed by atoms with E-state index in [-0.39, 0.29) is 17.7 Å². The van der Waals surface area contributed by atoms with Crippen LogP contribution in [-0.2, 0) is 17.9 Å². The van der Waals surface area contributed by atoms with Crippen molar-refractivity contribution in [3.8, 4) is 0 Å². The average molecular weight is 537 g/mol. The lowest BCUT2D eigenvalue weighted by Gasteiger charge is -2.36. The number of carbonyl (C=O) groups is 1. The highest BCUT2D eigenvalue weighted by Crippen LogP contribution is 2.45. The molecular formula is C31H28N4O3S. The lowest BCUT2D eigenvalue weighted by Crippen LogP contribution is -2.29. The van der Waals surface area contributed by atoms with E-state index in [1.807, 2.05) is 30.3 Å². The highest BCUT2D eigenvalue weighted by atomic mass is 32.1. The third-order valence-corrected chi connectivity index (χ3v) is 8.27. The number of hydrogen-bond acceptors (Lipinski definition) is 7. The van der Waals surface area contributed by atoms with Crippen LogP contribution in [0.4, 0.5) is 0 Å². The van der Waals surface area contributed by atoms with Crippen LogP contribution in [0.1, 0.15) is 53.7 Å². The Morgan fingerprint density at radius 3 is 2.51 bits per heavy atom. The van der Waals surface area contributed by atoms with Gasteiger partial charge in [-0.3, -0.25) is 4.79 Å². The minimum Gasteiger partial charge on any atom is -0.439 e. The molecule has 0 aliphatic heterocycles. The molecular weight excluding hydrogens is 508 g/mol. The van der Waals surface area contributed by atoms with Gasteiger partial charge in [0, 0.05) is 10.3 Å². The maximum Gasteiger partial charge on any atom is 0.340 e. The zero-order valence-corrected chi connectivity index (χ0v) is 22.9. The number of para-hydroxylation sites is 1. The highest BCUT2D eigenvalue weighted by Gasteiger charge is 2.35. The monoisotopic (exact) mass is 536 g/mol. The topological polar surface area (TPSA) is 87.0 Å². The summed E-state index contributed by atoms with van der Waals surface area (Å²) in [5, 5.41) is 11.3. The maximum atomic E-state index is 13.8. The number of hydrogen-bond donors (Lipinski definition) is 0. The van der Waals surface area contributed by atoms with Gasteiger partial charge in [-0.25, -0.2) is 9.78 Å². The largest absolute Gasteiger partial charge is 0.439 e. The van der Waals surface area contributed by atoms with Gasteiger partial charge in [0.1, 0.15) is 5.52 Å². The zero-order chi connectivity index (χ0) is 27.1. The fourth-order valence-electron chi connectivity index (χ4n) is 5.21. The summed E-state index contributed by atoms with van der Waals surface area (Å²) < 4.78 is 6.84. The lowest BCUT2D eigenvalue weighted by atomic mass is 9.69. The first-order chi connectivity index (χ1) is 18.8. The third kappa shape index (κ3) is 4.76. The van der Waals surface area contributed by atoms with Crippen LogP contribution in [0.5, 0.6) is 0 Å². The third-order valence-electron chi connectivity index (χ3n) is 7.45. The maximum absolute atomic E-state index is 13.8. The van der Waals surface area contributed by atoms with E-state index in [9.17, 15) is 9.59 Å². The van der Waals surface area contributed by atoms with Gasteiger partial charge in [-0.2, -0.15) is 4.68 Å². The number of esters is 1. The second kappa shape index (κ2) is 9.85. The molecule has 2 aromatic carbocycles. The first kappa shape index (κ1) is 25.1. The molecule has 0 saturated heterocycles. The van der Waals surface area contributed by atoms with Crippen LogP contribution in [0, 0.1) is 11.3 Å². The van der Waals surface area contributed by atoms with Gasteiger partial charge < -0.3 is 4.74 Å². The summed E-state index contributed by atoms with van der Waals surface area (Å²) in [4.78, 5) is 33.0. The SMILES string of the molecule is CC(C)(C)[C@@H]1C/C(=C\c2cccs2)c2nc3ccccc3c(C(=O)OCn3nnc4ccccc4c3=O)c2C1. The molecule has 1 atom stereocenters. The number of aromatic nitrogens is 4. The Bertz CT molecular complexity index is 1800. The van der Waals surface area contributed by atoms with Crippen molar-refractivity contribution in [2.75, 3.05) is 0 Å². The van der Waals surface area contributed by atoms with Gasteiger partial charge in [-0.1, -0.05) is 62.4 Å². The molecule has 0 unspecified atom stereocenters. The van der Waals surface area contributed by atoms with Crippen molar-refractivity contribution in [2.24, 2.45) is 11.3 Å². The predicted octanol–water partition coefficient (Wildman–Crippen LogP) is 6.36. The molecule has 39 heavy (non-hydrogen) atoms. The van der Waals surface area contributed by atoms with Crippen molar-refractivity contribution >= 4 is 50.8 Å². The van der Waals surface area contributed by atoms with E-state index in [0.717, 1.165) is 43.7 Å². The number of carbonyl (C=O) groups excluding carboxylic acids is 1. The Labute approximate surface area is 229 Å². The van der Waals surface area contributed by atoms with E-state index >= 15 is 0 Å². The van der Waals surface area contributed by atoms with Gasteiger partial charge in [-0.05, 0) is 71.0 Å². The number of allylic oxidation sites excluding steroid dienone is 1. The summed E-state index contributed by atoms with van der Waals surface area (Å²) in [7, 11) is 0. The summed E-state index contributed by atoms with van der Waals surface area (Å²) in [5.74, 6) is -0.198. The fraction of sp³-hybridized carbons (Fsp3) is 0.258. The summed E-state index contributed by atoms with van der Waals surface area (Å²) in [6.45, 7) is 6.38. The smallest absolute Gasteiger partial charge is 0.340 e. The second-order valence-corrected chi connectivity index (χ2v) is 11.9. The molecule has 1 aliphatic carbocycles. The van der Waals surface area contributed by atoms with Crippen molar-refractivity contribution in [3.63, 3.8) is 0 Å². The quantitative estimate of drug-likeness (QED) is 0.248. The molecule has 0 fully saturated rings. The Balaban J connectivity index is 1.45. The van der Waals surface area contributed by atoms with Crippen molar-refractivity contribution in [1.82, 2.24) is 20.0 Å². The molecule has 7 nitrogen and oxygen atoms in total. The Kier molecular flexibility index (Phi) is 6.35. The number of pyridine rings is 1. The molecule has 1 aliphatic rings. The zero-order valence-electron chi connectivity index (χ0n) is 22.0. The van der Waals surface area contributed by atoms with Gasteiger partial charge >= 0.3 is 5.97 Å². The van der Waals surface area contributed by atoms with Crippen LogP contribution in [0.3, 0.4) is 0 Å². The van der Waals surface area contributed by atoms with Crippen LogP contribution in [0.2, 0.25) is 0 Å².